The molecule has 0 aliphatic carbocycles. The van der Waals surface area contributed by atoms with E-state index in [0.29, 0.717) is 12.6 Å². The van der Waals surface area contributed by atoms with E-state index in [4.69, 9.17) is 5.53 Å². The van der Waals surface area contributed by atoms with Crippen LogP contribution >= 0.6 is 0 Å². The number of nitrogens with one attached hydrogen (secondary N) is 1. The molecule has 58 valence electrons. The van der Waals surface area contributed by atoms with Gasteiger partial charge in [0.1, 0.15) is 0 Å². The van der Waals surface area contributed by atoms with Crippen LogP contribution < -0.4 is 5.32 Å². The van der Waals surface area contributed by atoms with Crippen LogP contribution in [0.5, 0.6) is 0 Å². The highest BCUT2D eigenvalue weighted by Crippen LogP contribution is 1.95. The van der Waals surface area contributed by atoms with Gasteiger partial charge in [0.2, 0.25) is 0 Å². The molecule has 10 heavy (non-hydrogen) atoms. The van der Waals surface area contributed by atoms with Crippen molar-refractivity contribution in [2.24, 2.45) is 5.11 Å². The third-order valence-corrected chi connectivity index (χ3v) is 1.45. The highest BCUT2D eigenvalue weighted by Gasteiger charge is 1.94. The van der Waals surface area contributed by atoms with E-state index in [1.54, 1.807) is 0 Å². The van der Waals surface area contributed by atoms with Gasteiger partial charge in [0.05, 0.1) is 0 Å². The van der Waals surface area contributed by atoms with E-state index in [9.17, 15) is 0 Å². The number of azide groups is 1. The van der Waals surface area contributed by atoms with Gasteiger partial charge in [0.25, 0.3) is 0 Å². The summed E-state index contributed by atoms with van der Waals surface area (Å²) in [7, 11) is 1.93. The first-order valence-electron chi connectivity index (χ1n) is 3.49. The maximum absolute atomic E-state index is 7.93. The van der Waals surface area contributed by atoms with E-state index in [1.165, 1.54) is 0 Å². The van der Waals surface area contributed by atoms with Crippen LogP contribution in [0.25, 0.3) is 10.4 Å². The van der Waals surface area contributed by atoms with Gasteiger partial charge < -0.3 is 5.32 Å². The van der Waals surface area contributed by atoms with Crippen molar-refractivity contribution in [3.63, 3.8) is 0 Å². The predicted molar refractivity (Wildman–Crippen MR) is 41.8 cm³/mol. The standard InChI is InChI=1S/C6H14N4/c1-6(8-2)4-3-5-9-10-7/h6,8H,3-5H2,1-2H3. The quantitative estimate of drug-likeness (QED) is 0.270. The number of hydrogen-bond donors (Lipinski definition) is 1. The summed E-state index contributed by atoms with van der Waals surface area (Å²) in [5.41, 5.74) is 7.93. The zero-order chi connectivity index (χ0) is 7.82. The molecule has 0 heterocycles. The lowest BCUT2D eigenvalue weighted by atomic mass is 10.2. The molecule has 0 rings (SSSR count). The summed E-state index contributed by atoms with van der Waals surface area (Å²) >= 11 is 0. The first kappa shape index (κ1) is 9.27. The van der Waals surface area contributed by atoms with E-state index in [2.05, 4.69) is 22.3 Å². The molecule has 0 bridgehead atoms. The summed E-state index contributed by atoms with van der Waals surface area (Å²) in [5, 5.41) is 6.54. The molecule has 1 N–H and O–H groups in total. The molecule has 0 fully saturated rings. The summed E-state index contributed by atoms with van der Waals surface area (Å²) < 4.78 is 0. The lowest BCUT2D eigenvalue weighted by Crippen LogP contribution is -2.20. The molecule has 0 aromatic heterocycles. The average Bonchev–Trinajstić information content (AvgIpc) is 1.98. The summed E-state index contributed by atoms with van der Waals surface area (Å²) in [6.07, 6.45) is 2.03. The minimum atomic E-state index is 0.522. The van der Waals surface area contributed by atoms with Crippen molar-refractivity contribution in [3.05, 3.63) is 10.4 Å². The van der Waals surface area contributed by atoms with Crippen molar-refractivity contribution in [2.45, 2.75) is 25.8 Å². The summed E-state index contributed by atoms with van der Waals surface area (Å²) in [5.74, 6) is 0. The fraction of sp³-hybridized carbons (Fsp3) is 1.00. The van der Waals surface area contributed by atoms with Gasteiger partial charge in [0.15, 0.2) is 0 Å². The third-order valence-electron chi connectivity index (χ3n) is 1.45. The Morgan fingerprint density at radius 2 is 2.40 bits per heavy atom. The van der Waals surface area contributed by atoms with Crippen molar-refractivity contribution >= 4 is 0 Å². The predicted octanol–water partition coefficient (Wildman–Crippen LogP) is 1.68. The Morgan fingerprint density at radius 1 is 1.70 bits per heavy atom. The van der Waals surface area contributed by atoms with Crippen molar-refractivity contribution in [1.82, 2.24) is 5.32 Å². The minimum absolute atomic E-state index is 0.522. The van der Waals surface area contributed by atoms with Gasteiger partial charge in [-0.05, 0) is 32.3 Å². The van der Waals surface area contributed by atoms with Gasteiger partial charge in [-0.1, -0.05) is 5.11 Å². The second kappa shape index (κ2) is 6.39. The van der Waals surface area contributed by atoms with Crippen LogP contribution in [-0.4, -0.2) is 19.6 Å². The van der Waals surface area contributed by atoms with Gasteiger partial charge in [-0.3, -0.25) is 0 Å². The van der Waals surface area contributed by atoms with E-state index in [-0.39, 0.29) is 0 Å². The van der Waals surface area contributed by atoms with Crippen LogP contribution in [0.15, 0.2) is 5.11 Å². The smallest absolute Gasteiger partial charge is 0.0258 e. The van der Waals surface area contributed by atoms with Gasteiger partial charge in [-0.15, -0.1) is 0 Å². The maximum Gasteiger partial charge on any atom is 0.0258 e. The Kier molecular flexibility index (Phi) is 5.92. The molecule has 1 atom stereocenters. The Labute approximate surface area is 61.2 Å². The molecule has 0 radical (unpaired) electrons. The van der Waals surface area contributed by atoms with Gasteiger partial charge in [0, 0.05) is 17.5 Å². The van der Waals surface area contributed by atoms with Crippen LogP contribution in [-0.2, 0) is 0 Å². The Bertz CT molecular complexity index is 117. The van der Waals surface area contributed by atoms with Gasteiger partial charge >= 0.3 is 0 Å². The van der Waals surface area contributed by atoms with Crippen LogP contribution in [0.2, 0.25) is 0 Å². The molecule has 0 spiro atoms. The molecule has 0 aromatic rings. The Balaban J connectivity index is 3.10. The van der Waals surface area contributed by atoms with E-state index in [1.807, 2.05) is 7.05 Å². The summed E-state index contributed by atoms with van der Waals surface area (Å²) in [6, 6.07) is 0.522. The van der Waals surface area contributed by atoms with Crippen molar-refractivity contribution < 1.29 is 0 Å². The topological polar surface area (TPSA) is 60.8 Å². The minimum Gasteiger partial charge on any atom is -0.317 e. The highest BCUT2D eigenvalue weighted by molar-refractivity contribution is 4.57. The van der Waals surface area contributed by atoms with Crippen LogP contribution in [0, 0.1) is 0 Å². The van der Waals surface area contributed by atoms with Gasteiger partial charge in [-0.25, -0.2) is 0 Å². The first-order valence-corrected chi connectivity index (χ1v) is 3.49. The molecular weight excluding hydrogens is 128 g/mol. The zero-order valence-electron chi connectivity index (χ0n) is 6.54. The Hall–Kier alpha value is -0.730. The molecule has 0 aliphatic rings. The molecule has 0 amide bonds. The SMILES string of the molecule is CNC(C)CCCN=[N+]=[N-]. The number of hydrogen-bond acceptors (Lipinski definition) is 2. The molecule has 0 saturated carbocycles. The summed E-state index contributed by atoms with van der Waals surface area (Å²) in [6.45, 7) is 2.72. The average molecular weight is 142 g/mol. The second-order valence-corrected chi connectivity index (χ2v) is 2.29. The molecular formula is C6H14N4. The van der Waals surface area contributed by atoms with Crippen molar-refractivity contribution in [3.8, 4) is 0 Å². The fourth-order valence-electron chi connectivity index (χ4n) is 0.657. The highest BCUT2D eigenvalue weighted by atomic mass is 15.1. The van der Waals surface area contributed by atoms with Crippen LogP contribution in [0.3, 0.4) is 0 Å². The summed E-state index contributed by atoms with van der Waals surface area (Å²) in [4.78, 5) is 2.66. The number of nitrogens with zero attached hydrogens (tertiary/aromatic N) is 3. The molecule has 0 aromatic carbocycles. The van der Waals surface area contributed by atoms with Crippen molar-refractivity contribution in [2.75, 3.05) is 13.6 Å². The molecule has 4 nitrogen and oxygen atoms in total. The fourth-order valence-corrected chi connectivity index (χ4v) is 0.657. The molecule has 1 unspecified atom stereocenters. The number of rotatable bonds is 5. The second-order valence-electron chi connectivity index (χ2n) is 2.29. The lowest BCUT2D eigenvalue weighted by Gasteiger charge is -2.06. The van der Waals surface area contributed by atoms with E-state index in [0.717, 1.165) is 12.8 Å². The normalized spacial score (nSPS) is 12.2. The molecule has 4 heteroatoms. The van der Waals surface area contributed by atoms with Crippen molar-refractivity contribution in [1.29, 1.82) is 0 Å². The third kappa shape index (κ3) is 5.41. The van der Waals surface area contributed by atoms with E-state index >= 15 is 0 Å². The molecule has 0 saturated heterocycles. The maximum atomic E-state index is 7.93. The largest absolute Gasteiger partial charge is 0.317 e. The molecule has 0 aliphatic heterocycles. The lowest BCUT2D eigenvalue weighted by molar-refractivity contribution is 0.546. The van der Waals surface area contributed by atoms with Crippen LogP contribution in [0.1, 0.15) is 19.8 Å². The Morgan fingerprint density at radius 3 is 2.90 bits per heavy atom. The van der Waals surface area contributed by atoms with Gasteiger partial charge in [-0.2, -0.15) is 0 Å². The zero-order valence-corrected chi connectivity index (χ0v) is 6.54. The van der Waals surface area contributed by atoms with E-state index < -0.39 is 0 Å². The first-order chi connectivity index (χ1) is 4.81. The van der Waals surface area contributed by atoms with Crippen LogP contribution in [0.4, 0.5) is 0 Å². The monoisotopic (exact) mass is 142 g/mol.